The van der Waals surface area contributed by atoms with Gasteiger partial charge in [0.1, 0.15) is 5.76 Å². The molecule has 0 fully saturated rings. The van der Waals surface area contributed by atoms with Crippen molar-refractivity contribution in [3.05, 3.63) is 53.7 Å². The van der Waals surface area contributed by atoms with E-state index in [1.807, 2.05) is 32.0 Å². The monoisotopic (exact) mass is 391 g/mol. The van der Waals surface area contributed by atoms with Gasteiger partial charge < -0.3 is 24.5 Å². The minimum Gasteiger partial charge on any atom is -0.494 e. The van der Waals surface area contributed by atoms with Gasteiger partial charge >= 0.3 is 0 Å². The normalized spacial score (nSPS) is 12.6. The van der Waals surface area contributed by atoms with E-state index < -0.39 is 0 Å². The van der Waals surface area contributed by atoms with Gasteiger partial charge in [0.2, 0.25) is 0 Å². The lowest BCUT2D eigenvalue weighted by atomic mass is 10.1. The van der Waals surface area contributed by atoms with E-state index in [1.54, 1.807) is 12.3 Å². The van der Waals surface area contributed by atoms with Crippen LogP contribution in [0.1, 0.15) is 37.6 Å². The van der Waals surface area contributed by atoms with Gasteiger partial charge in [-0.1, -0.05) is 6.07 Å². The molecule has 0 aliphatic rings. The molecule has 0 aliphatic carbocycles. The van der Waals surface area contributed by atoms with Crippen LogP contribution in [0.15, 0.2) is 46.0 Å². The van der Waals surface area contributed by atoms with Crippen molar-refractivity contribution in [2.75, 3.05) is 33.4 Å². The molecule has 1 heterocycles. The Hall–Kier alpha value is -2.54. The molecule has 2 rings (SSSR count). The van der Waals surface area contributed by atoms with E-state index in [0.29, 0.717) is 32.3 Å². The van der Waals surface area contributed by atoms with Crippen LogP contribution in [-0.4, -0.2) is 39.4 Å². The third-order valence-corrected chi connectivity index (χ3v) is 4.19. The molecule has 154 valence electrons. The Morgan fingerprint density at radius 3 is 2.86 bits per heavy atom. The molecule has 1 atom stereocenters. The first kappa shape index (κ1) is 21.8. The average Bonchev–Trinajstić information content (AvgIpc) is 3.21. The first-order valence-corrected chi connectivity index (χ1v) is 9.62. The second kappa shape index (κ2) is 12.0. The lowest BCUT2D eigenvalue weighted by Crippen LogP contribution is -2.40. The maximum Gasteiger partial charge on any atom is 0.191 e. The van der Waals surface area contributed by atoms with Gasteiger partial charge in [-0.2, -0.15) is 0 Å². The fourth-order valence-corrected chi connectivity index (χ4v) is 2.65. The van der Waals surface area contributed by atoms with E-state index in [2.05, 4.69) is 15.6 Å². The van der Waals surface area contributed by atoms with E-state index in [9.17, 15) is 4.39 Å². The molecule has 1 aromatic heterocycles. The maximum absolute atomic E-state index is 14.0. The first-order valence-electron chi connectivity index (χ1n) is 9.62. The van der Waals surface area contributed by atoms with Gasteiger partial charge in [0, 0.05) is 32.7 Å². The fraction of sp³-hybridized carbons (Fsp3) is 0.476. The van der Waals surface area contributed by atoms with Gasteiger partial charge in [-0.15, -0.1) is 0 Å². The number of hydrogen-bond acceptors (Lipinski definition) is 4. The highest BCUT2D eigenvalue weighted by Crippen LogP contribution is 2.21. The molecular formula is C21H30FN3O3. The Labute approximate surface area is 166 Å². The standard InChI is InChI=1S/C21H30FN3O3/c1-4-27-13-6-11-23-21(24-12-10-18-7-5-14-28-18)25-16(2)17-8-9-20(26-3)19(22)15-17/h5,7-9,14-16H,4,6,10-13H2,1-3H3,(H2,23,24,25). The summed E-state index contributed by atoms with van der Waals surface area (Å²) in [6.45, 7) is 6.64. The van der Waals surface area contributed by atoms with E-state index in [4.69, 9.17) is 13.9 Å². The lowest BCUT2D eigenvalue weighted by molar-refractivity contribution is 0.146. The van der Waals surface area contributed by atoms with Crippen molar-refractivity contribution in [3.63, 3.8) is 0 Å². The SMILES string of the molecule is CCOCCCN=C(NCCc1ccco1)NC(C)c1ccc(OC)c(F)c1. The zero-order valence-electron chi connectivity index (χ0n) is 16.8. The molecule has 0 saturated carbocycles. The number of halogens is 1. The Morgan fingerprint density at radius 1 is 1.32 bits per heavy atom. The summed E-state index contributed by atoms with van der Waals surface area (Å²) >= 11 is 0. The number of rotatable bonds is 11. The number of aliphatic imine (C=N–C) groups is 1. The molecule has 1 aromatic carbocycles. The summed E-state index contributed by atoms with van der Waals surface area (Å²) in [5, 5.41) is 6.64. The summed E-state index contributed by atoms with van der Waals surface area (Å²) in [6, 6.07) is 8.64. The highest BCUT2D eigenvalue weighted by atomic mass is 19.1. The summed E-state index contributed by atoms with van der Waals surface area (Å²) < 4.78 is 29.7. The molecule has 0 saturated heterocycles. The molecule has 7 heteroatoms. The van der Waals surface area contributed by atoms with Gasteiger partial charge in [0.05, 0.1) is 19.4 Å². The number of benzene rings is 1. The molecule has 0 bridgehead atoms. The van der Waals surface area contributed by atoms with Crippen molar-refractivity contribution in [1.29, 1.82) is 0 Å². The minimum absolute atomic E-state index is 0.123. The fourth-order valence-electron chi connectivity index (χ4n) is 2.65. The quantitative estimate of drug-likeness (QED) is 0.347. The van der Waals surface area contributed by atoms with Crippen LogP contribution >= 0.6 is 0 Å². The van der Waals surface area contributed by atoms with Crippen LogP contribution in [0.5, 0.6) is 5.75 Å². The van der Waals surface area contributed by atoms with Crippen LogP contribution in [0, 0.1) is 5.82 Å². The van der Waals surface area contributed by atoms with E-state index in [0.717, 1.165) is 24.2 Å². The molecule has 0 radical (unpaired) electrons. The molecule has 1 unspecified atom stereocenters. The number of ether oxygens (including phenoxy) is 2. The number of guanidine groups is 1. The van der Waals surface area contributed by atoms with Gasteiger partial charge in [0.15, 0.2) is 17.5 Å². The number of nitrogens with one attached hydrogen (secondary N) is 2. The second-order valence-electron chi connectivity index (χ2n) is 6.30. The maximum atomic E-state index is 14.0. The molecular weight excluding hydrogens is 361 g/mol. The Morgan fingerprint density at radius 2 is 2.18 bits per heavy atom. The molecule has 2 N–H and O–H groups in total. The smallest absolute Gasteiger partial charge is 0.191 e. The third kappa shape index (κ3) is 7.23. The topological polar surface area (TPSA) is 68.0 Å². The van der Waals surface area contributed by atoms with Crippen molar-refractivity contribution >= 4 is 5.96 Å². The molecule has 2 aromatic rings. The summed E-state index contributed by atoms with van der Waals surface area (Å²) in [6.07, 6.45) is 3.25. The minimum atomic E-state index is -0.380. The number of hydrogen-bond donors (Lipinski definition) is 2. The van der Waals surface area contributed by atoms with Crippen LogP contribution in [0.4, 0.5) is 4.39 Å². The lowest BCUT2D eigenvalue weighted by Gasteiger charge is -2.19. The zero-order valence-corrected chi connectivity index (χ0v) is 16.8. The second-order valence-corrected chi connectivity index (χ2v) is 6.30. The van der Waals surface area contributed by atoms with Crippen LogP contribution in [-0.2, 0) is 11.2 Å². The van der Waals surface area contributed by atoms with Crippen molar-refractivity contribution in [1.82, 2.24) is 10.6 Å². The summed E-state index contributed by atoms with van der Waals surface area (Å²) in [7, 11) is 1.45. The molecule has 0 amide bonds. The van der Waals surface area contributed by atoms with Gasteiger partial charge in [-0.25, -0.2) is 4.39 Å². The third-order valence-electron chi connectivity index (χ3n) is 4.19. The molecule has 0 aliphatic heterocycles. The average molecular weight is 391 g/mol. The Balaban J connectivity index is 1.95. The number of nitrogens with zero attached hydrogens (tertiary/aromatic N) is 1. The van der Waals surface area contributed by atoms with Crippen LogP contribution < -0.4 is 15.4 Å². The number of furan rings is 1. The zero-order chi connectivity index (χ0) is 20.2. The van der Waals surface area contributed by atoms with Crippen LogP contribution in [0.3, 0.4) is 0 Å². The number of methoxy groups -OCH3 is 1. The molecule has 6 nitrogen and oxygen atoms in total. The van der Waals surface area contributed by atoms with Crippen molar-refractivity contribution in [3.8, 4) is 5.75 Å². The van der Waals surface area contributed by atoms with Crippen LogP contribution in [0.2, 0.25) is 0 Å². The van der Waals surface area contributed by atoms with E-state index >= 15 is 0 Å². The van der Waals surface area contributed by atoms with Gasteiger partial charge in [-0.3, -0.25) is 4.99 Å². The van der Waals surface area contributed by atoms with Crippen LogP contribution in [0.25, 0.3) is 0 Å². The molecule has 28 heavy (non-hydrogen) atoms. The highest BCUT2D eigenvalue weighted by Gasteiger charge is 2.11. The van der Waals surface area contributed by atoms with Crippen molar-refractivity contribution in [2.24, 2.45) is 4.99 Å². The van der Waals surface area contributed by atoms with Crippen molar-refractivity contribution in [2.45, 2.75) is 32.7 Å². The van der Waals surface area contributed by atoms with E-state index in [1.165, 1.54) is 13.2 Å². The summed E-state index contributed by atoms with van der Waals surface area (Å²) in [5.74, 6) is 1.44. The van der Waals surface area contributed by atoms with Gasteiger partial charge in [-0.05, 0) is 50.1 Å². The largest absolute Gasteiger partial charge is 0.494 e. The predicted molar refractivity (Wildman–Crippen MR) is 108 cm³/mol. The van der Waals surface area contributed by atoms with E-state index in [-0.39, 0.29) is 17.6 Å². The first-order chi connectivity index (χ1) is 13.6. The van der Waals surface area contributed by atoms with Gasteiger partial charge in [0.25, 0.3) is 0 Å². The Bertz CT molecular complexity index is 720. The molecule has 0 spiro atoms. The van der Waals surface area contributed by atoms with Crippen molar-refractivity contribution < 1.29 is 18.3 Å². The highest BCUT2D eigenvalue weighted by molar-refractivity contribution is 5.80. The Kier molecular flexibility index (Phi) is 9.34. The summed E-state index contributed by atoms with van der Waals surface area (Å²) in [4.78, 5) is 4.60. The predicted octanol–water partition coefficient (Wildman–Crippen LogP) is 3.69. The summed E-state index contributed by atoms with van der Waals surface area (Å²) in [5.41, 5.74) is 0.813.